The molecule has 4 nitrogen and oxygen atoms in total. The highest BCUT2D eigenvalue weighted by Gasteiger charge is 2.18. The van der Waals surface area contributed by atoms with Gasteiger partial charge in [0.2, 0.25) is 0 Å². The van der Waals surface area contributed by atoms with Crippen molar-refractivity contribution in [2.24, 2.45) is 5.73 Å². The summed E-state index contributed by atoms with van der Waals surface area (Å²) in [4.78, 5) is 13.3. The fraction of sp³-hybridized carbons (Fsp3) is 0.500. The molecule has 0 saturated heterocycles. The first kappa shape index (κ1) is 14.5. The van der Waals surface area contributed by atoms with Gasteiger partial charge in [-0.15, -0.1) is 0 Å². The first-order chi connectivity index (χ1) is 8.32. The summed E-state index contributed by atoms with van der Waals surface area (Å²) >= 11 is 0. The Hall–Kier alpha value is -1.55. The summed E-state index contributed by atoms with van der Waals surface area (Å²) in [6.45, 7) is 5.65. The molecule has 0 spiro atoms. The lowest BCUT2D eigenvalue weighted by Gasteiger charge is -2.21. The molecule has 2 N–H and O–H groups in total. The van der Waals surface area contributed by atoms with Gasteiger partial charge >= 0.3 is 0 Å². The Morgan fingerprint density at radius 3 is 2.44 bits per heavy atom. The van der Waals surface area contributed by atoms with E-state index in [-0.39, 0.29) is 11.9 Å². The van der Waals surface area contributed by atoms with Gasteiger partial charge in [-0.05, 0) is 26.8 Å². The van der Waals surface area contributed by atoms with Crippen LogP contribution in [0.15, 0.2) is 18.2 Å². The van der Waals surface area contributed by atoms with E-state index < -0.39 is 6.10 Å². The summed E-state index contributed by atoms with van der Waals surface area (Å²) in [5, 5.41) is 0. The van der Waals surface area contributed by atoms with Gasteiger partial charge in [0.15, 0.2) is 6.10 Å². The summed E-state index contributed by atoms with van der Waals surface area (Å²) in [6.07, 6.45) is -0.514. The molecule has 4 heteroatoms. The van der Waals surface area contributed by atoms with Crippen LogP contribution in [0.2, 0.25) is 0 Å². The molecule has 2 atom stereocenters. The Labute approximate surface area is 109 Å². The Balaban J connectivity index is 2.94. The number of carbonyl (C=O) groups is 1. The van der Waals surface area contributed by atoms with E-state index >= 15 is 0 Å². The molecule has 1 aromatic rings. The Bertz CT molecular complexity index is 428. The maximum Gasteiger partial charge on any atom is 0.262 e. The molecule has 100 valence electrons. The van der Waals surface area contributed by atoms with Gasteiger partial charge in [-0.1, -0.05) is 17.7 Å². The van der Waals surface area contributed by atoms with E-state index in [1.165, 1.54) is 4.90 Å². The Morgan fingerprint density at radius 2 is 1.94 bits per heavy atom. The van der Waals surface area contributed by atoms with Crippen LogP contribution in [0.1, 0.15) is 31.0 Å². The zero-order valence-electron chi connectivity index (χ0n) is 11.7. The van der Waals surface area contributed by atoms with Crippen molar-refractivity contribution in [3.63, 3.8) is 0 Å². The lowest BCUT2D eigenvalue weighted by atomic mass is 10.1. The van der Waals surface area contributed by atoms with Crippen LogP contribution >= 0.6 is 0 Å². The highest BCUT2D eigenvalue weighted by Crippen LogP contribution is 2.26. The van der Waals surface area contributed by atoms with Gasteiger partial charge in [-0.25, -0.2) is 0 Å². The monoisotopic (exact) mass is 250 g/mol. The van der Waals surface area contributed by atoms with Crippen molar-refractivity contribution in [2.75, 3.05) is 14.1 Å². The molecule has 0 radical (unpaired) electrons. The lowest BCUT2D eigenvalue weighted by Crippen LogP contribution is -2.35. The quantitative estimate of drug-likeness (QED) is 0.887. The van der Waals surface area contributed by atoms with Crippen molar-refractivity contribution in [1.29, 1.82) is 0 Å². The van der Waals surface area contributed by atoms with Crippen molar-refractivity contribution in [1.82, 2.24) is 4.90 Å². The zero-order valence-corrected chi connectivity index (χ0v) is 11.7. The molecular formula is C14H22N2O2. The fourth-order valence-corrected chi connectivity index (χ4v) is 1.74. The van der Waals surface area contributed by atoms with Crippen LogP contribution in [0.25, 0.3) is 0 Å². The number of likely N-dealkylation sites (N-methyl/N-ethyl adjacent to an activating group) is 1. The van der Waals surface area contributed by atoms with Crippen molar-refractivity contribution in [3.8, 4) is 5.75 Å². The summed E-state index contributed by atoms with van der Waals surface area (Å²) in [5.41, 5.74) is 7.97. The maximum absolute atomic E-state index is 11.8. The smallest absolute Gasteiger partial charge is 0.262 e. The molecular weight excluding hydrogens is 228 g/mol. The molecule has 2 unspecified atom stereocenters. The second-order valence-corrected chi connectivity index (χ2v) is 4.82. The van der Waals surface area contributed by atoms with E-state index in [4.69, 9.17) is 10.5 Å². The molecule has 0 aliphatic carbocycles. The normalized spacial score (nSPS) is 13.9. The minimum absolute atomic E-state index is 0.0637. The van der Waals surface area contributed by atoms with Crippen LogP contribution in [0.4, 0.5) is 0 Å². The van der Waals surface area contributed by atoms with Gasteiger partial charge in [-0.2, -0.15) is 0 Å². The first-order valence-electron chi connectivity index (χ1n) is 6.07. The summed E-state index contributed by atoms with van der Waals surface area (Å²) < 4.78 is 5.71. The third-order valence-electron chi connectivity index (χ3n) is 2.75. The van der Waals surface area contributed by atoms with Gasteiger partial charge in [-0.3, -0.25) is 4.79 Å². The summed E-state index contributed by atoms with van der Waals surface area (Å²) in [7, 11) is 3.42. The Morgan fingerprint density at radius 1 is 1.33 bits per heavy atom. The number of amides is 1. The van der Waals surface area contributed by atoms with Crippen LogP contribution in [0.5, 0.6) is 5.75 Å². The first-order valence-corrected chi connectivity index (χ1v) is 6.07. The number of hydrogen-bond donors (Lipinski definition) is 1. The lowest BCUT2D eigenvalue weighted by molar-refractivity contribution is -0.135. The molecule has 1 rings (SSSR count). The van der Waals surface area contributed by atoms with E-state index in [0.717, 1.165) is 11.1 Å². The van der Waals surface area contributed by atoms with Crippen molar-refractivity contribution in [2.45, 2.75) is 32.9 Å². The van der Waals surface area contributed by atoms with E-state index in [0.29, 0.717) is 5.75 Å². The number of carbonyl (C=O) groups excluding carboxylic acids is 1. The number of aryl methyl sites for hydroxylation is 1. The van der Waals surface area contributed by atoms with Gasteiger partial charge in [0.1, 0.15) is 5.75 Å². The summed E-state index contributed by atoms with van der Waals surface area (Å²) in [5.74, 6) is 0.615. The zero-order chi connectivity index (χ0) is 13.9. The third-order valence-corrected chi connectivity index (χ3v) is 2.75. The molecule has 0 heterocycles. The largest absolute Gasteiger partial charge is 0.481 e. The fourth-order valence-electron chi connectivity index (χ4n) is 1.74. The predicted octanol–water partition coefficient (Wildman–Crippen LogP) is 1.87. The molecule has 18 heavy (non-hydrogen) atoms. The Kier molecular flexibility index (Phi) is 4.73. The molecule has 0 aromatic heterocycles. The molecule has 0 bridgehead atoms. The molecule has 0 aliphatic rings. The second-order valence-electron chi connectivity index (χ2n) is 4.82. The average molecular weight is 250 g/mol. The van der Waals surface area contributed by atoms with Gasteiger partial charge in [0, 0.05) is 25.7 Å². The van der Waals surface area contributed by atoms with E-state index in [1.807, 2.05) is 32.0 Å². The molecule has 1 amide bonds. The van der Waals surface area contributed by atoms with Crippen LogP contribution in [-0.4, -0.2) is 31.0 Å². The van der Waals surface area contributed by atoms with Crippen LogP contribution < -0.4 is 10.5 Å². The maximum atomic E-state index is 11.8. The number of nitrogens with two attached hydrogens (primary N) is 1. The number of nitrogens with zero attached hydrogens (tertiary/aromatic N) is 1. The van der Waals surface area contributed by atoms with Crippen LogP contribution in [0.3, 0.4) is 0 Å². The van der Waals surface area contributed by atoms with Gasteiger partial charge in [0.05, 0.1) is 0 Å². The minimum atomic E-state index is -0.514. The summed E-state index contributed by atoms with van der Waals surface area (Å²) in [6, 6.07) is 5.69. The molecule has 0 aliphatic heterocycles. The van der Waals surface area contributed by atoms with Gasteiger partial charge in [0.25, 0.3) is 5.91 Å². The van der Waals surface area contributed by atoms with Gasteiger partial charge < -0.3 is 15.4 Å². The number of benzene rings is 1. The number of ether oxygens (including phenoxy) is 1. The van der Waals surface area contributed by atoms with E-state index in [1.54, 1.807) is 21.0 Å². The van der Waals surface area contributed by atoms with Crippen LogP contribution in [0, 0.1) is 6.92 Å². The SMILES string of the molecule is Cc1ccc(OC(C)C(=O)N(C)C)c(C(C)N)c1. The molecule has 0 saturated carbocycles. The molecule has 0 fully saturated rings. The number of hydrogen-bond acceptors (Lipinski definition) is 3. The minimum Gasteiger partial charge on any atom is -0.481 e. The van der Waals surface area contributed by atoms with Crippen molar-refractivity contribution in [3.05, 3.63) is 29.3 Å². The standard InChI is InChI=1S/C14H22N2O2/c1-9-6-7-13(12(8-9)10(2)15)18-11(3)14(17)16(4)5/h6-8,10-11H,15H2,1-5H3. The highest BCUT2D eigenvalue weighted by atomic mass is 16.5. The predicted molar refractivity (Wildman–Crippen MR) is 72.6 cm³/mol. The van der Waals surface area contributed by atoms with E-state index in [2.05, 4.69) is 0 Å². The van der Waals surface area contributed by atoms with Crippen molar-refractivity contribution < 1.29 is 9.53 Å². The molecule has 1 aromatic carbocycles. The highest BCUT2D eigenvalue weighted by molar-refractivity contribution is 5.80. The third kappa shape index (κ3) is 3.47. The second kappa shape index (κ2) is 5.87. The number of rotatable bonds is 4. The van der Waals surface area contributed by atoms with Crippen LogP contribution in [-0.2, 0) is 4.79 Å². The topological polar surface area (TPSA) is 55.6 Å². The van der Waals surface area contributed by atoms with Crippen molar-refractivity contribution >= 4 is 5.91 Å². The van der Waals surface area contributed by atoms with E-state index in [9.17, 15) is 4.79 Å². The average Bonchev–Trinajstić information content (AvgIpc) is 2.29.